The Morgan fingerprint density at radius 3 is 1.31 bits per heavy atom. The van der Waals surface area contributed by atoms with Crippen LogP contribution in [0.2, 0.25) is 0 Å². The van der Waals surface area contributed by atoms with Crippen LogP contribution in [-0.2, 0) is 0 Å². The first-order chi connectivity index (χ1) is 35.3. The van der Waals surface area contributed by atoms with E-state index in [1.54, 1.807) is 0 Å². The summed E-state index contributed by atoms with van der Waals surface area (Å²) < 4.78 is 4.95. The standard InChI is InChI=1S/C68H50N4/c1-43-34-44(2)37-51(36-43)49-30-32-64-57(40-49)58-41-50(52-38-45(3)35-46(4)39-52)31-33-65(58)72(64)66-29-17-25-55(60-42-59(47-18-7-5-8-19-47)69-68(70-60)48-20-9-6-10-21-48)67(66)56-24-13-16-28-63(56)71-61-26-14-11-22-53(61)54-23-12-15-27-62(54)71/h5-42H,1-4H3. The molecule has 0 N–H and O–H groups in total. The minimum atomic E-state index is 0.675. The smallest absolute Gasteiger partial charge is 0.160 e. The molecule has 4 nitrogen and oxygen atoms in total. The highest BCUT2D eigenvalue weighted by molar-refractivity contribution is 6.13. The maximum Gasteiger partial charge on any atom is 0.160 e. The van der Waals surface area contributed by atoms with Crippen molar-refractivity contribution in [3.8, 4) is 78.7 Å². The second-order valence-corrected chi connectivity index (χ2v) is 19.3. The summed E-state index contributed by atoms with van der Waals surface area (Å²) in [5, 5.41) is 4.82. The molecule has 4 heteroatoms. The Labute approximate surface area is 419 Å². The van der Waals surface area contributed by atoms with Crippen LogP contribution in [0.25, 0.3) is 122 Å². The van der Waals surface area contributed by atoms with E-state index >= 15 is 0 Å². The van der Waals surface area contributed by atoms with E-state index < -0.39 is 0 Å². The lowest BCUT2D eigenvalue weighted by Crippen LogP contribution is -2.04. The third kappa shape index (κ3) is 7.39. The fourth-order valence-corrected chi connectivity index (χ4v) is 11.3. The lowest BCUT2D eigenvalue weighted by Gasteiger charge is -2.22. The number of nitrogens with zero attached hydrogens (tertiary/aromatic N) is 4. The summed E-state index contributed by atoms with van der Waals surface area (Å²) in [6, 6.07) is 84.0. The van der Waals surface area contributed by atoms with E-state index in [4.69, 9.17) is 9.97 Å². The van der Waals surface area contributed by atoms with Gasteiger partial charge < -0.3 is 9.13 Å². The minimum Gasteiger partial charge on any atom is -0.309 e. The zero-order valence-corrected chi connectivity index (χ0v) is 40.7. The van der Waals surface area contributed by atoms with Gasteiger partial charge in [-0.15, -0.1) is 0 Å². The SMILES string of the molecule is Cc1cc(C)cc(-c2ccc3c(c2)c2cc(-c4cc(C)cc(C)c4)ccc2n3-c2cccc(-c3cc(-c4ccccc4)nc(-c4ccccc4)n3)c2-c2ccccc2-n2c3ccccc3c3ccccc32)c1. The van der Waals surface area contributed by atoms with Crippen molar-refractivity contribution in [2.24, 2.45) is 0 Å². The van der Waals surface area contributed by atoms with Crippen molar-refractivity contribution < 1.29 is 0 Å². The predicted octanol–water partition coefficient (Wildman–Crippen LogP) is 17.9. The molecule has 0 aliphatic rings. The average Bonchev–Trinajstić information content (AvgIpc) is 3.92. The van der Waals surface area contributed by atoms with E-state index in [2.05, 4.69) is 261 Å². The first kappa shape index (κ1) is 42.9. The van der Waals surface area contributed by atoms with Crippen LogP contribution in [0.15, 0.2) is 231 Å². The van der Waals surface area contributed by atoms with Crippen molar-refractivity contribution in [3.05, 3.63) is 253 Å². The zero-order chi connectivity index (χ0) is 48.5. The molecule has 13 rings (SSSR count). The Morgan fingerprint density at radius 2 is 0.722 bits per heavy atom. The van der Waals surface area contributed by atoms with Crippen molar-refractivity contribution >= 4 is 43.6 Å². The summed E-state index contributed by atoms with van der Waals surface area (Å²) in [5.41, 5.74) is 23.4. The van der Waals surface area contributed by atoms with Gasteiger partial charge in [-0.25, -0.2) is 9.97 Å². The number of rotatable bonds is 8. The summed E-state index contributed by atoms with van der Waals surface area (Å²) in [6.45, 7) is 8.75. The van der Waals surface area contributed by atoms with E-state index in [-0.39, 0.29) is 0 Å². The van der Waals surface area contributed by atoms with E-state index in [1.165, 1.54) is 66.1 Å². The van der Waals surface area contributed by atoms with E-state index in [9.17, 15) is 0 Å². The second-order valence-electron chi connectivity index (χ2n) is 19.3. The van der Waals surface area contributed by atoms with Gasteiger partial charge in [0.15, 0.2) is 5.82 Å². The largest absolute Gasteiger partial charge is 0.309 e. The molecule has 0 unspecified atom stereocenters. The number of hydrogen-bond acceptors (Lipinski definition) is 2. The molecule has 13 aromatic rings. The van der Waals surface area contributed by atoms with Gasteiger partial charge in [0.05, 0.1) is 44.8 Å². The van der Waals surface area contributed by atoms with Crippen LogP contribution in [0.1, 0.15) is 22.3 Å². The summed E-state index contributed by atoms with van der Waals surface area (Å²) in [6.07, 6.45) is 0. The van der Waals surface area contributed by atoms with E-state index in [0.717, 1.165) is 72.6 Å². The molecule has 342 valence electrons. The van der Waals surface area contributed by atoms with E-state index in [0.29, 0.717) is 5.82 Å². The minimum absolute atomic E-state index is 0.675. The van der Waals surface area contributed by atoms with Crippen molar-refractivity contribution in [1.82, 2.24) is 19.1 Å². The Balaban J connectivity index is 1.15. The maximum absolute atomic E-state index is 5.52. The Bertz CT molecular complexity index is 3990. The molecular weight excluding hydrogens is 873 g/mol. The molecule has 3 heterocycles. The normalized spacial score (nSPS) is 11.6. The molecule has 0 aliphatic carbocycles. The highest BCUT2D eigenvalue weighted by atomic mass is 15.0. The number of para-hydroxylation sites is 3. The van der Waals surface area contributed by atoms with Crippen LogP contribution in [0.3, 0.4) is 0 Å². The quantitative estimate of drug-likeness (QED) is 0.152. The Kier molecular flexibility index (Phi) is 10.4. The van der Waals surface area contributed by atoms with E-state index in [1.807, 2.05) is 6.07 Å². The Hall–Kier alpha value is -9.12. The van der Waals surface area contributed by atoms with Crippen molar-refractivity contribution in [1.29, 1.82) is 0 Å². The number of hydrogen-bond donors (Lipinski definition) is 0. The van der Waals surface area contributed by atoms with Gasteiger partial charge in [0, 0.05) is 49.4 Å². The fraction of sp³-hybridized carbons (Fsp3) is 0.0588. The first-order valence-corrected chi connectivity index (χ1v) is 24.8. The molecular formula is C68H50N4. The van der Waals surface area contributed by atoms with Crippen molar-refractivity contribution in [2.45, 2.75) is 27.7 Å². The molecule has 0 fully saturated rings. The lowest BCUT2D eigenvalue weighted by atomic mass is 9.93. The third-order valence-corrected chi connectivity index (χ3v) is 14.3. The molecule has 0 spiro atoms. The predicted molar refractivity (Wildman–Crippen MR) is 302 cm³/mol. The highest BCUT2D eigenvalue weighted by Gasteiger charge is 2.25. The zero-order valence-electron chi connectivity index (χ0n) is 40.7. The number of aryl methyl sites for hydroxylation is 4. The molecule has 3 aromatic heterocycles. The topological polar surface area (TPSA) is 35.6 Å². The lowest BCUT2D eigenvalue weighted by molar-refractivity contribution is 1.15. The summed E-state index contributed by atoms with van der Waals surface area (Å²) in [4.78, 5) is 10.8. The molecule has 72 heavy (non-hydrogen) atoms. The fourth-order valence-electron chi connectivity index (χ4n) is 11.3. The van der Waals surface area contributed by atoms with Gasteiger partial charge in [0.25, 0.3) is 0 Å². The van der Waals surface area contributed by atoms with Gasteiger partial charge in [0.1, 0.15) is 0 Å². The monoisotopic (exact) mass is 922 g/mol. The first-order valence-electron chi connectivity index (χ1n) is 24.8. The number of aromatic nitrogens is 4. The van der Waals surface area contributed by atoms with Gasteiger partial charge in [0.2, 0.25) is 0 Å². The van der Waals surface area contributed by atoms with Crippen molar-refractivity contribution in [2.75, 3.05) is 0 Å². The van der Waals surface area contributed by atoms with Crippen LogP contribution in [-0.4, -0.2) is 19.1 Å². The summed E-state index contributed by atoms with van der Waals surface area (Å²) in [5.74, 6) is 0.675. The van der Waals surface area contributed by atoms with Gasteiger partial charge in [-0.3, -0.25) is 0 Å². The molecule has 0 saturated carbocycles. The maximum atomic E-state index is 5.52. The summed E-state index contributed by atoms with van der Waals surface area (Å²) in [7, 11) is 0. The van der Waals surface area contributed by atoms with Crippen LogP contribution >= 0.6 is 0 Å². The van der Waals surface area contributed by atoms with Gasteiger partial charge in [-0.2, -0.15) is 0 Å². The molecule has 0 saturated heterocycles. The van der Waals surface area contributed by atoms with Gasteiger partial charge >= 0.3 is 0 Å². The molecule has 0 bridgehead atoms. The number of benzene rings is 10. The molecule has 0 aliphatic heterocycles. The Morgan fingerprint density at radius 1 is 0.278 bits per heavy atom. The number of fused-ring (bicyclic) bond motifs is 6. The van der Waals surface area contributed by atoms with Crippen LogP contribution < -0.4 is 0 Å². The average molecular weight is 923 g/mol. The highest BCUT2D eigenvalue weighted by Crippen LogP contribution is 2.46. The second kappa shape index (κ2) is 17.4. The molecule has 10 aromatic carbocycles. The molecule has 0 radical (unpaired) electrons. The third-order valence-electron chi connectivity index (χ3n) is 14.3. The summed E-state index contributed by atoms with van der Waals surface area (Å²) >= 11 is 0. The molecule has 0 atom stereocenters. The van der Waals surface area contributed by atoms with Crippen LogP contribution in [0.4, 0.5) is 0 Å². The van der Waals surface area contributed by atoms with Gasteiger partial charge in [-0.1, -0.05) is 198 Å². The van der Waals surface area contributed by atoms with Crippen LogP contribution in [0.5, 0.6) is 0 Å². The van der Waals surface area contributed by atoms with Crippen LogP contribution in [0, 0.1) is 27.7 Å². The van der Waals surface area contributed by atoms with Gasteiger partial charge in [-0.05, 0) is 105 Å². The molecule has 0 amide bonds. The van der Waals surface area contributed by atoms with Crippen molar-refractivity contribution in [3.63, 3.8) is 0 Å².